The van der Waals surface area contributed by atoms with Gasteiger partial charge in [0.25, 0.3) is 0 Å². The quantitative estimate of drug-likeness (QED) is 0.924. The Kier molecular flexibility index (Phi) is 3.85. The molecule has 0 aliphatic carbocycles. The SMILES string of the molecule is CC1(C)CN(C(=O)CCC(=O)O)c2ccccc2S1. The van der Waals surface area contributed by atoms with Crippen LogP contribution in [0, 0.1) is 0 Å². The Morgan fingerprint density at radius 2 is 2.00 bits per heavy atom. The van der Waals surface area contributed by atoms with E-state index in [-0.39, 0.29) is 23.5 Å². The minimum absolute atomic E-state index is 0.0460. The van der Waals surface area contributed by atoms with Crippen LogP contribution in [0.25, 0.3) is 0 Å². The van der Waals surface area contributed by atoms with Crippen LogP contribution >= 0.6 is 11.8 Å². The van der Waals surface area contributed by atoms with Gasteiger partial charge < -0.3 is 10.0 Å². The number of carboxylic acids is 1. The van der Waals surface area contributed by atoms with Gasteiger partial charge in [-0.05, 0) is 26.0 Å². The van der Waals surface area contributed by atoms with Crippen LogP contribution in [0.3, 0.4) is 0 Å². The first-order valence-corrected chi connectivity index (χ1v) is 7.01. The molecule has 1 aliphatic rings. The second-order valence-corrected chi connectivity index (χ2v) is 6.95. The number of anilines is 1. The molecule has 19 heavy (non-hydrogen) atoms. The van der Waals surface area contributed by atoms with E-state index in [4.69, 9.17) is 5.11 Å². The summed E-state index contributed by atoms with van der Waals surface area (Å²) >= 11 is 1.75. The molecular weight excluding hydrogens is 262 g/mol. The number of carbonyl (C=O) groups excluding carboxylic acids is 1. The Morgan fingerprint density at radius 1 is 1.32 bits per heavy atom. The zero-order valence-corrected chi connectivity index (χ0v) is 11.9. The molecule has 5 heteroatoms. The number of hydrogen-bond donors (Lipinski definition) is 1. The molecule has 102 valence electrons. The highest BCUT2D eigenvalue weighted by atomic mass is 32.2. The summed E-state index contributed by atoms with van der Waals surface area (Å²) in [5.41, 5.74) is 0.891. The van der Waals surface area contributed by atoms with Crippen molar-refractivity contribution in [3.05, 3.63) is 24.3 Å². The Labute approximate surface area is 116 Å². The van der Waals surface area contributed by atoms with Gasteiger partial charge in [0.1, 0.15) is 0 Å². The molecule has 0 aromatic heterocycles. The van der Waals surface area contributed by atoms with Gasteiger partial charge in [-0.25, -0.2) is 0 Å². The third-order valence-electron chi connectivity index (χ3n) is 2.93. The summed E-state index contributed by atoms with van der Waals surface area (Å²) in [4.78, 5) is 25.6. The van der Waals surface area contributed by atoms with Crippen molar-refractivity contribution in [3.63, 3.8) is 0 Å². The fraction of sp³-hybridized carbons (Fsp3) is 0.429. The molecule has 0 atom stereocenters. The number of nitrogens with zero attached hydrogens (tertiary/aromatic N) is 1. The lowest BCUT2D eigenvalue weighted by molar-refractivity contribution is -0.138. The molecule has 0 saturated carbocycles. The van der Waals surface area contributed by atoms with Crippen molar-refractivity contribution in [2.24, 2.45) is 0 Å². The number of benzene rings is 1. The molecule has 0 saturated heterocycles. The van der Waals surface area contributed by atoms with Crippen LogP contribution in [-0.4, -0.2) is 28.3 Å². The highest BCUT2D eigenvalue weighted by Gasteiger charge is 2.33. The number of carboxylic acid groups (broad SMARTS) is 1. The zero-order chi connectivity index (χ0) is 14.0. The summed E-state index contributed by atoms with van der Waals surface area (Å²) in [6.07, 6.45) is -0.0739. The van der Waals surface area contributed by atoms with Crippen molar-refractivity contribution in [3.8, 4) is 0 Å². The van der Waals surface area contributed by atoms with Gasteiger partial charge in [0, 0.05) is 22.6 Å². The molecule has 1 aromatic rings. The molecule has 1 N–H and O–H groups in total. The van der Waals surface area contributed by atoms with Gasteiger partial charge in [-0.15, -0.1) is 11.8 Å². The second-order valence-electron chi connectivity index (χ2n) is 5.20. The van der Waals surface area contributed by atoms with Crippen molar-refractivity contribution in [2.45, 2.75) is 36.3 Å². The third-order valence-corrected chi connectivity index (χ3v) is 4.18. The Bertz CT molecular complexity index is 513. The largest absolute Gasteiger partial charge is 0.481 e. The highest BCUT2D eigenvalue weighted by molar-refractivity contribution is 8.00. The topological polar surface area (TPSA) is 57.6 Å². The summed E-state index contributed by atoms with van der Waals surface area (Å²) < 4.78 is -0.0623. The molecule has 0 spiro atoms. The summed E-state index contributed by atoms with van der Waals surface area (Å²) in [5.74, 6) is -1.06. The summed E-state index contributed by atoms with van der Waals surface area (Å²) in [6, 6.07) is 7.76. The van der Waals surface area contributed by atoms with Crippen LogP contribution in [0.5, 0.6) is 0 Å². The Balaban J connectivity index is 2.24. The van der Waals surface area contributed by atoms with Crippen LogP contribution in [0.1, 0.15) is 26.7 Å². The van der Waals surface area contributed by atoms with Crippen molar-refractivity contribution in [2.75, 3.05) is 11.4 Å². The van der Waals surface area contributed by atoms with Gasteiger partial charge >= 0.3 is 5.97 Å². The van der Waals surface area contributed by atoms with Gasteiger partial charge in [0.2, 0.25) is 5.91 Å². The van der Waals surface area contributed by atoms with Crippen molar-refractivity contribution in [1.29, 1.82) is 0 Å². The van der Waals surface area contributed by atoms with Gasteiger partial charge in [-0.1, -0.05) is 12.1 Å². The molecular formula is C14H17NO3S. The van der Waals surface area contributed by atoms with Crippen molar-refractivity contribution < 1.29 is 14.7 Å². The number of thioether (sulfide) groups is 1. The summed E-state index contributed by atoms with van der Waals surface area (Å²) in [6.45, 7) is 4.78. The van der Waals surface area contributed by atoms with Crippen LogP contribution in [-0.2, 0) is 9.59 Å². The molecule has 1 heterocycles. The Hall–Kier alpha value is -1.49. The van der Waals surface area contributed by atoms with E-state index >= 15 is 0 Å². The molecule has 0 fully saturated rings. The van der Waals surface area contributed by atoms with Crippen LogP contribution in [0.4, 0.5) is 5.69 Å². The van der Waals surface area contributed by atoms with E-state index in [1.54, 1.807) is 16.7 Å². The van der Waals surface area contributed by atoms with Gasteiger partial charge in [0.05, 0.1) is 12.1 Å². The molecule has 1 amide bonds. The number of carbonyl (C=O) groups is 2. The fourth-order valence-electron chi connectivity index (χ4n) is 2.13. The van der Waals surface area contributed by atoms with Gasteiger partial charge in [-0.2, -0.15) is 0 Å². The van der Waals surface area contributed by atoms with Crippen LogP contribution in [0.15, 0.2) is 29.2 Å². The molecule has 0 radical (unpaired) electrons. The third kappa shape index (κ3) is 3.29. The van der Waals surface area contributed by atoms with Gasteiger partial charge in [-0.3, -0.25) is 9.59 Å². The standard InChI is InChI=1S/C14H17NO3S/c1-14(2)9-15(12(16)7-8-13(17)18)10-5-3-4-6-11(10)19-14/h3-6H,7-9H2,1-2H3,(H,17,18). The number of amides is 1. The smallest absolute Gasteiger partial charge is 0.303 e. The van der Waals surface area contributed by atoms with E-state index in [0.717, 1.165) is 10.6 Å². The normalized spacial score (nSPS) is 16.8. The van der Waals surface area contributed by atoms with E-state index in [1.807, 2.05) is 24.3 Å². The predicted molar refractivity (Wildman–Crippen MR) is 75.6 cm³/mol. The number of aliphatic carboxylic acids is 1. The minimum atomic E-state index is -0.938. The van der Waals surface area contributed by atoms with Crippen molar-refractivity contribution in [1.82, 2.24) is 0 Å². The maximum Gasteiger partial charge on any atom is 0.303 e. The lowest BCUT2D eigenvalue weighted by atomic mass is 10.1. The predicted octanol–water partition coefficient (Wildman–Crippen LogP) is 2.77. The van der Waals surface area contributed by atoms with Gasteiger partial charge in [0.15, 0.2) is 0 Å². The molecule has 2 rings (SSSR count). The molecule has 0 unspecified atom stereocenters. The lowest BCUT2D eigenvalue weighted by Crippen LogP contribution is -2.43. The lowest BCUT2D eigenvalue weighted by Gasteiger charge is -2.38. The fourth-order valence-corrected chi connectivity index (χ4v) is 3.35. The summed E-state index contributed by atoms with van der Waals surface area (Å²) in [7, 11) is 0. The molecule has 1 aliphatic heterocycles. The Morgan fingerprint density at radius 3 is 2.68 bits per heavy atom. The average Bonchev–Trinajstić information content (AvgIpc) is 2.33. The summed E-state index contributed by atoms with van der Waals surface area (Å²) in [5, 5.41) is 8.68. The second kappa shape index (κ2) is 5.25. The molecule has 0 bridgehead atoms. The number of rotatable bonds is 3. The number of hydrogen-bond acceptors (Lipinski definition) is 3. The monoisotopic (exact) mass is 279 g/mol. The zero-order valence-electron chi connectivity index (χ0n) is 11.0. The minimum Gasteiger partial charge on any atom is -0.481 e. The first kappa shape index (κ1) is 13.9. The average molecular weight is 279 g/mol. The molecule has 1 aromatic carbocycles. The maximum absolute atomic E-state index is 12.2. The first-order chi connectivity index (χ1) is 8.89. The number of fused-ring (bicyclic) bond motifs is 1. The molecule has 4 nitrogen and oxygen atoms in total. The van der Waals surface area contributed by atoms with E-state index in [0.29, 0.717) is 6.54 Å². The van der Waals surface area contributed by atoms with E-state index in [1.165, 1.54) is 0 Å². The maximum atomic E-state index is 12.2. The highest BCUT2D eigenvalue weighted by Crippen LogP contribution is 2.44. The van der Waals surface area contributed by atoms with Crippen LogP contribution < -0.4 is 4.90 Å². The number of para-hydroxylation sites is 1. The van der Waals surface area contributed by atoms with E-state index in [9.17, 15) is 9.59 Å². The van der Waals surface area contributed by atoms with E-state index < -0.39 is 5.97 Å². The van der Waals surface area contributed by atoms with E-state index in [2.05, 4.69) is 13.8 Å². The van der Waals surface area contributed by atoms with Crippen LogP contribution in [0.2, 0.25) is 0 Å². The van der Waals surface area contributed by atoms with Crippen molar-refractivity contribution >= 4 is 29.3 Å². The first-order valence-electron chi connectivity index (χ1n) is 6.19.